The van der Waals surface area contributed by atoms with E-state index in [0.717, 1.165) is 53.5 Å². The number of sulfonamides is 1. The van der Waals surface area contributed by atoms with Crippen molar-refractivity contribution in [3.8, 4) is 5.75 Å². The molecule has 5 rings (SSSR count). The zero-order chi connectivity index (χ0) is 26.9. The Balaban J connectivity index is 1.29. The maximum Gasteiger partial charge on any atom is 0.243 e. The molecule has 11 heteroatoms. The molecule has 2 aromatic heterocycles. The van der Waals surface area contributed by atoms with Crippen LogP contribution in [0.5, 0.6) is 5.75 Å². The number of hydrogen-bond donors (Lipinski definition) is 1. The number of carbonyl (C=O) groups is 1. The Labute approximate surface area is 226 Å². The highest BCUT2D eigenvalue weighted by Gasteiger charge is 2.32. The maximum atomic E-state index is 13.2. The van der Waals surface area contributed by atoms with Gasteiger partial charge in [-0.05, 0) is 79.6 Å². The molecule has 1 atom stereocenters. The number of nitrogens with one attached hydrogen (secondary N) is 1. The number of carbonyl (C=O) groups excluding carboxylic acids is 1. The van der Waals surface area contributed by atoms with Gasteiger partial charge in [0.2, 0.25) is 15.9 Å². The van der Waals surface area contributed by atoms with Gasteiger partial charge in [-0.1, -0.05) is 25.1 Å². The molecule has 3 heterocycles. The summed E-state index contributed by atoms with van der Waals surface area (Å²) in [5.41, 5.74) is 3.15. The first kappa shape index (κ1) is 26.5. The van der Waals surface area contributed by atoms with E-state index in [4.69, 9.17) is 4.74 Å². The Morgan fingerprint density at radius 1 is 1.13 bits per heavy atom. The predicted octanol–water partition coefficient (Wildman–Crippen LogP) is 4.88. The molecule has 4 aromatic rings. The fourth-order valence-electron chi connectivity index (χ4n) is 4.97. The zero-order valence-electron chi connectivity index (χ0n) is 21.7. The molecule has 1 N–H and O–H groups in total. The number of pyridine rings is 1. The molecule has 0 radical (unpaired) electrons. The van der Waals surface area contributed by atoms with Gasteiger partial charge in [-0.25, -0.2) is 8.42 Å². The van der Waals surface area contributed by atoms with Gasteiger partial charge in [-0.15, -0.1) is 10.2 Å². The highest BCUT2D eigenvalue weighted by atomic mass is 32.2. The molecule has 38 heavy (non-hydrogen) atoms. The number of aryl methyl sites for hydroxylation is 1. The van der Waals surface area contributed by atoms with Crippen molar-refractivity contribution < 1.29 is 17.9 Å². The van der Waals surface area contributed by atoms with Gasteiger partial charge in [0.25, 0.3) is 0 Å². The normalized spacial score (nSPS) is 16.7. The van der Waals surface area contributed by atoms with E-state index in [1.54, 1.807) is 35.7 Å². The average Bonchev–Trinajstić information content (AvgIpc) is 3.37. The number of anilines is 1. The lowest BCUT2D eigenvalue weighted by atomic mass is 10.0. The van der Waals surface area contributed by atoms with E-state index < -0.39 is 10.0 Å². The molecule has 0 aliphatic carbocycles. The molecule has 0 saturated carbocycles. The summed E-state index contributed by atoms with van der Waals surface area (Å²) in [7, 11) is -1.94. The van der Waals surface area contributed by atoms with Gasteiger partial charge in [0.15, 0.2) is 10.8 Å². The van der Waals surface area contributed by atoms with Gasteiger partial charge in [0.1, 0.15) is 5.75 Å². The number of nitrogens with zero attached hydrogens (tertiary/aromatic N) is 4. The molecule has 9 nitrogen and oxygen atoms in total. The monoisotopic (exact) mass is 553 g/mol. The third-order valence-electron chi connectivity index (χ3n) is 6.96. The molecule has 1 aliphatic rings. The van der Waals surface area contributed by atoms with Crippen LogP contribution in [0.15, 0.2) is 58.6 Å². The van der Waals surface area contributed by atoms with Crippen molar-refractivity contribution in [2.24, 2.45) is 0 Å². The van der Waals surface area contributed by atoms with Crippen molar-refractivity contribution in [3.63, 3.8) is 0 Å². The van der Waals surface area contributed by atoms with Crippen LogP contribution in [-0.4, -0.2) is 58.7 Å². The topological polar surface area (TPSA) is 106 Å². The van der Waals surface area contributed by atoms with Crippen molar-refractivity contribution in [3.05, 3.63) is 54.1 Å². The fourth-order valence-corrected chi connectivity index (χ4v) is 7.48. The number of rotatable bonds is 8. The van der Waals surface area contributed by atoms with E-state index in [0.29, 0.717) is 17.4 Å². The molecule has 2 aromatic carbocycles. The van der Waals surface area contributed by atoms with E-state index in [-0.39, 0.29) is 22.6 Å². The van der Waals surface area contributed by atoms with Gasteiger partial charge in [-0.2, -0.15) is 4.31 Å². The van der Waals surface area contributed by atoms with Crippen molar-refractivity contribution >= 4 is 49.9 Å². The number of aromatic nitrogens is 3. The molecule has 1 unspecified atom stereocenters. The quantitative estimate of drug-likeness (QED) is 0.310. The average molecular weight is 554 g/mol. The molecule has 0 spiro atoms. The van der Waals surface area contributed by atoms with Crippen LogP contribution in [0, 0.1) is 6.92 Å². The van der Waals surface area contributed by atoms with E-state index >= 15 is 0 Å². The first-order chi connectivity index (χ1) is 18.3. The fraction of sp³-hybridized carbons (Fsp3) is 0.370. The van der Waals surface area contributed by atoms with E-state index in [1.165, 1.54) is 11.8 Å². The molecule has 1 aliphatic heterocycles. The minimum Gasteiger partial charge on any atom is -0.497 e. The minimum absolute atomic E-state index is 0.0420. The van der Waals surface area contributed by atoms with E-state index in [9.17, 15) is 13.2 Å². The molecule has 1 saturated heterocycles. The largest absolute Gasteiger partial charge is 0.497 e. The number of fused-ring (bicyclic) bond motifs is 3. The summed E-state index contributed by atoms with van der Waals surface area (Å²) in [5.74, 6) is 0.617. The summed E-state index contributed by atoms with van der Waals surface area (Å²) < 4.78 is 35.4. The third-order valence-corrected chi connectivity index (χ3v) is 9.85. The molecular formula is C27H31N5O4S2. The van der Waals surface area contributed by atoms with Crippen LogP contribution in [0.3, 0.4) is 0 Å². The standard InChI is InChI=1S/C27H31N5O4S2/c1-4-21-7-5-6-14-31(21)38(34,35)23-12-9-20(10-13-23)28-25(33)17-37-27-30-29-26-18(2)15-19-8-11-22(36-3)16-24(19)32(26)27/h8-13,15-16,21H,4-7,14,17H2,1-3H3,(H,28,33). The summed E-state index contributed by atoms with van der Waals surface area (Å²) in [6.07, 6.45) is 3.63. The first-order valence-electron chi connectivity index (χ1n) is 12.7. The molecular weight excluding hydrogens is 522 g/mol. The van der Waals surface area contributed by atoms with Crippen molar-refractivity contribution in [2.45, 2.75) is 55.6 Å². The minimum atomic E-state index is -3.57. The van der Waals surface area contributed by atoms with Crippen molar-refractivity contribution in [1.29, 1.82) is 0 Å². The number of piperidine rings is 1. The Hall–Kier alpha value is -3.15. The summed E-state index contributed by atoms with van der Waals surface area (Å²) in [6.45, 7) is 4.56. The van der Waals surface area contributed by atoms with Crippen LogP contribution in [0.1, 0.15) is 38.2 Å². The second kappa shape index (κ2) is 10.9. The zero-order valence-corrected chi connectivity index (χ0v) is 23.3. The van der Waals surface area contributed by atoms with E-state index in [1.807, 2.05) is 36.4 Å². The second-order valence-electron chi connectivity index (χ2n) is 9.43. The van der Waals surface area contributed by atoms with Gasteiger partial charge >= 0.3 is 0 Å². The lowest BCUT2D eigenvalue weighted by molar-refractivity contribution is -0.113. The number of methoxy groups -OCH3 is 1. The second-order valence-corrected chi connectivity index (χ2v) is 12.3. The Morgan fingerprint density at radius 2 is 1.92 bits per heavy atom. The van der Waals surface area contributed by atoms with Crippen molar-refractivity contribution in [2.75, 3.05) is 24.7 Å². The Bertz CT molecular complexity index is 1580. The Kier molecular flexibility index (Phi) is 7.60. The predicted molar refractivity (Wildman–Crippen MR) is 149 cm³/mol. The van der Waals surface area contributed by atoms with Gasteiger partial charge in [0.05, 0.1) is 23.3 Å². The van der Waals surface area contributed by atoms with Crippen LogP contribution in [0.2, 0.25) is 0 Å². The maximum absolute atomic E-state index is 13.2. The van der Waals surface area contributed by atoms with Gasteiger partial charge < -0.3 is 10.1 Å². The third kappa shape index (κ3) is 5.10. The highest BCUT2D eigenvalue weighted by Crippen LogP contribution is 2.29. The summed E-state index contributed by atoms with van der Waals surface area (Å²) >= 11 is 1.28. The van der Waals surface area contributed by atoms with Crippen LogP contribution < -0.4 is 10.1 Å². The summed E-state index contributed by atoms with van der Waals surface area (Å²) in [5, 5.41) is 13.1. The van der Waals surface area contributed by atoms with Crippen LogP contribution >= 0.6 is 11.8 Å². The van der Waals surface area contributed by atoms with Crippen LogP contribution in [0.25, 0.3) is 16.6 Å². The molecule has 200 valence electrons. The number of thioether (sulfide) groups is 1. The number of amides is 1. The van der Waals surface area contributed by atoms with Crippen molar-refractivity contribution in [1.82, 2.24) is 18.9 Å². The van der Waals surface area contributed by atoms with Gasteiger partial charge in [-0.3, -0.25) is 9.20 Å². The summed E-state index contributed by atoms with van der Waals surface area (Å²) in [4.78, 5) is 13.0. The Morgan fingerprint density at radius 3 is 2.66 bits per heavy atom. The number of ether oxygens (including phenoxy) is 1. The first-order valence-corrected chi connectivity index (χ1v) is 15.1. The number of benzene rings is 2. The van der Waals surface area contributed by atoms with Crippen LogP contribution in [-0.2, 0) is 14.8 Å². The number of hydrogen-bond acceptors (Lipinski definition) is 7. The molecule has 1 fully saturated rings. The lowest BCUT2D eigenvalue weighted by Crippen LogP contribution is -2.43. The highest BCUT2D eigenvalue weighted by molar-refractivity contribution is 7.99. The van der Waals surface area contributed by atoms with Crippen LogP contribution in [0.4, 0.5) is 5.69 Å². The van der Waals surface area contributed by atoms with Gasteiger partial charge in [0, 0.05) is 24.3 Å². The van der Waals surface area contributed by atoms with E-state index in [2.05, 4.69) is 21.6 Å². The summed E-state index contributed by atoms with van der Waals surface area (Å²) in [6, 6.07) is 14.3. The molecule has 1 amide bonds. The SMILES string of the molecule is CCC1CCCCN1S(=O)(=O)c1ccc(NC(=O)CSc2nnc3c(C)cc4ccc(OC)cc4n23)cc1. The smallest absolute Gasteiger partial charge is 0.243 e. The lowest BCUT2D eigenvalue weighted by Gasteiger charge is -2.34. The molecule has 0 bridgehead atoms.